The SMILES string of the molecule is C[C@@H]1CN(S(=O)(=O)c2ccccc2)C[C@H](C)O1. The topological polar surface area (TPSA) is 46.6 Å². The minimum Gasteiger partial charge on any atom is -0.373 e. The average molecular weight is 255 g/mol. The molecule has 1 aromatic rings. The molecular weight excluding hydrogens is 238 g/mol. The van der Waals surface area contributed by atoms with Crippen LogP contribution >= 0.6 is 0 Å². The van der Waals surface area contributed by atoms with Crippen molar-refractivity contribution in [1.29, 1.82) is 0 Å². The largest absolute Gasteiger partial charge is 0.373 e. The van der Waals surface area contributed by atoms with Crippen LogP contribution in [0.2, 0.25) is 0 Å². The second kappa shape index (κ2) is 4.76. The van der Waals surface area contributed by atoms with Gasteiger partial charge in [0.2, 0.25) is 10.0 Å². The minimum atomic E-state index is -3.37. The van der Waals surface area contributed by atoms with Crippen molar-refractivity contribution in [3.05, 3.63) is 30.3 Å². The van der Waals surface area contributed by atoms with Crippen LogP contribution in [0.4, 0.5) is 0 Å². The maximum Gasteiger partial charge on any atom is 0.243 e. The van der Waals surface area contributed by atoms with Crippen LogP contribution in [0.3, 0.4) is 0 Å². The van der Waals surface area contributed by atoms with Gasteiger partial charge in [-0.15, -0.1) is 0 Å². The van der Waals surface area contributed by atoms with E-state index in [2.05, 4.69) is 0 Å². The highest BCUT2D eigenvalue weighted by atomic mass is 32.2. The van der Waals surface area contributed by atoms with Crippen LogP contribution in [0.15, 0.2) is 35.2 Å². The van der Waals surface area contributed by atoms with Crippen LogP contribution in [-0.2, 0) is 14.8 Å². The smallest absolute Gasteiger partial charge is 0.243 e. The van der Waals surface area contributed by atoms with E-state index in [1.807, 2.05) is 19.9 Å². The molecule has 1 saturated heterocycles. The van der Waals surface area contributed by atoms with E-state index >= 15 is 0 Å². The van der Waals surface area contributed by atoms with Gasteiger partial charge in [0.25, 0.3) is 0 Å². The molecule has 1 aromatic carbocycles. The van der Waals surface area contributed by atoms with Gasteiger partial charge in [0.15, 0.2) is 0 Å². The molecule has 2 atom stereocenters. The number of hydrogen-bond acceptors (Lipinski definition) is 3. The third-order valence-electron chi connectivity index (χ3n) is 2.77. The summed E-state index contributed by atoms with van der Waals surface area (Å²) in [5.41, 5.74) is 0. The van der Waals surface area contributed by atoms with E-state index < -0.39 is 10.0 Å². The van der Waals surface area contributed by atoms with Crippen LogP contribution in [0.1, 0.15) is 13.8 Å². The highest BCUT2D eigenvalue weighted by molar-refractivity contribution is 7.89. The molecule has 2 rings (SSSR count). The minimum absolute atomic E-state index is 0.0581. The predicted octanol–water partition coefficient (Wildman–Crippen LogP) is 1.48. The fourth-order valence-electron chi connectivity index (χ4n) is 2.07. The molecule has 17 heavy (non-hydrogen) atoms. The number of ether oxygens (including phenoxy) is 1. The zero-order chi connectivity index (χ0) is 12.5. The van der Waals surface area contributed by atoms with Gasteiger partial charge in [0.1, 0.15) is 0 Å². The lowest BCUT2D eigenvalue weighted by molar-refractivity contribution is -0.0440. The maximum absolute atomic E-state index is 12.3. The molecule has 0 saturated carbocycles. The van der Waals surface area contributed by atoms with Gasteiger partial charge >= 0.3 is 0 Å². The molecule has 1 aliphatic rings. The number of hydrogen-bond donors (Lipinski definition) is 0. The molecule has 0 radical (unpaired) electrons. The molecule has 5 heteroatoms. The maximum atomic E-state index is 12.3. The summed E-state index contributed by atoms with van der Waals surface area (Å²) in [5, 5.41) is 0. The van der Waals surface area contributed by atoms with Crippen LogP contribution in [-0.4, -0.2) is 38.0 Å². The molecule has 0 bridgehead atoms. The van der Waals surface area contributed by atoms with Crippen molar-refractivity contribution < 1.29 is 13.2 Å². The Morgan fingerprint density at radius 1 is 1.12 bits per heavy atom. The van der Waals surface area contributed by atoms with Gasteiger partial charge in [-0.3, -0.25) is 0 Å². The molecule has 4 nitrogen and oxygen atoms in total. The van der Waals surface area contributed by atoms with E-state index in [-0.39, 0.29) is 12.2 Å². The first-order chi connectivity index (χ1) is 8.00. The Labute approximate surface area is 102 Å². The zero-order valence-corrected chi connectivity index (χ0v) is 10.9. The molecule has 0 aliphatic carbocycles. The summed E-state index contributed by atoms with van der Waals surface area (Å²) in [4.78, 5) is 0.348. The third-order valence-corrected chi connectivity index (χ3v) is 4.61. The van der Waals surface area contributed by atoms with Crippen LogP contribution < -0.4 is 0 Å². The summed E-state index contributed by atoms with van der Waals surface area (Å²) < 4.78 is 31.7. The second-order valence-electron chi connectivity index (χ2n) is 4.39. The fourth-order valence-corrected chi connectivity index (χ4v) is 3.68. The second-order valence-corrected chi connectivity index (χ2v) is 6.33. The Morgan fingerprint density at radius 2 is 1.65 bits per heavy atom. The Kier molecular flexibility index (Phi) is 3.51. The quantitative estimate of drug-likeness (QED) is 0.804. The molecule has 1 aliphatic heterocycles. The lowest BCUT2D eigenvalue weighted by Crippen LogP contribution is -2.48. The Hall–Kier alpha value is -0.910. The van der Waals surface area contributed by atoms with Crippen molar-refractivity contribution in [2.75, 3.05) is 13.1 Å². The van der Waals surface area contributed by atoms with Gasteiger partial charge in [-0.1, -0.05) is 18.2 Å². The first-order valence-corrected chi connectivity index (χ1v) is 7.15. The normalized spacial score (nSPS) is 26.9. The number of rotatable bonds is 2. The Morgan fingerprint density at radius 3 is 2.18 bits per heavy atom. The molecule has 0 amide bonds. The fraction of sp³-hybridized carbons (Fsp3) is 0.500. The average Bonchev–Trinajstić information content (AvgIpc) is 2.29. The first kappa shape index (κ1) is 12.5. The van der Waals surface area contributed by atoms with Gasteiger partial charge in [0, 0.05) is 13.1 Å². The van der Waals surface area contributed by atoms with Crippen molar-refractivity contribution in [3.8, 4) is 0 Å². The molecule has 1 heterocycles. The van der Waals surface area contributed by atoms with Crippen LogP contribution in [0.5, 0.6) is 0 Å². The molecule has 0 spiro atoms. The van der Waals surface area contributed by atoms with Crippen molar-refractivity contribution in [2.24, 2.45) is 0 Å². The molecule has 0 aromatic heterocycles. The molecular formula is C12H17NO3S. The Bertz CT molecular complexity index is 462. The van der Waals surface area contributed by atoms with E-state index in [1.165, 1.54) is 4.31 Å². The lowest BCUT2D eigenvalue weighted by Gasteiger charge is -2.34. The van der Waals surface area contributed by atoms with Gasteiger partial charge in [0.05, 0.1) is 17.1 Å². The highest BCUT2D eigenvalue weighted by Gasteiger charge is 2.31. The van der Waals surface area contributed by atoms with E-state index in [0.717, 1.165) is 0 Å². The summed E-state index contributed by atoms with van der Waals surface area (Å²) in [5.74, 6) is 0. The molecule has 1 fully saturated rings. The summed E-state index contributed by atoms with van der Waals surface area (Å²) in [7, 11) is -3.37. The first-order valence-electron chi connectivity index (χ1n) is 5.71. The third kappa shape index (κ3) is 2.68. The molecule has 94 valence electrons. The van der Waals surface area contributed by atoms with Crippen LogP contribution in [0.25, 0.3) is 0 Å². The summed E-state index contributed by atoms with van der Waals surface area (Å²) >= 11 is 0. The summed E-state index contributed by atoms with van der Waals surface area (Å²) in [6, 6.07) is 8.53. The lowest BCUT2D eigenvalue weighted by atomic mass is 10.3. The standard InChI is InChI=1S/C12H17NO3S/c1-10-8-13(9-11(2)16-10)17(14,15)12-6-4-3-5-7-12/h3-7,10-11H,8-9H2,1-2H3/t10-,11+. The number of benzene rings is 1. The zero-order valence-electron chi connectivity index (χ0n) is 10.0. The predicted molar refractivity (Wildman–Crippen MR) is 65.2 cm³/mol. The van der Waals surface area contributed by atoms with Crippen molar-refractivity contribution in [3.63, 3.8) is 0 Å². The van der Waals surface area contributed by atoms with Crippen molar-refractivity contribution >= 4 is 10.0 Å². The number of morpholine rings is 1. The summed E-state index contributed by atoms with van der Waals surface area (Å²) in [6.45, 7) is 4.62. The van der Waals surface area contributed by atoms with E-state index in [4.69, 9.17) is 4.74 Å². The van der Waals surface area contributed by atoms with Crippen molar-refractivity contribution in [1.82, 2.24) is 4.31 Å². The number of sulfonamides is 1. The van der Waals surface area contributed by atoms with E-state index in [0.29, 0.717) is 18.0 Å². The number of nitrogens with zero attached hydrogens (tertiary/aromatic N) is 1. The van der Waals surface area contributed by atoms with Gasteiger partial charge < -0.3 is 4.74 Å². The van der Waals surface area contributed by atoms with Crippen molar-refractivity contribution in [2.45, 2.75) is 31.0 Å². The van der Waals surface area contributed by atoms with Gasteiger partial charge in [-0.05, 0) is 26.0 Å². The highest BCUT2D eigenvalue weighted by Crippen LogP contribution is 2.20. The van der Waals surface area contributed by atoms with Crippen LogP contribution in [0, 0.1) is 0 Å². The van der Waals surface area contributed by atoms with E-state index in [1.54, 1.807) is 24.3 Å². The summed E-state index contributed by atoms with van der Waals surface area (Å²) in [6.07, 6.45) is -0.116. The molecule has 0 N–H and O–H groups in total. The monoisotopic (exact) mass is 255 g/mol. The van der Waals surface area contributed by atoms with E-state index in [9.17, 15) is 8.42 Å². The van der Waals surface area contributed by atoms with Gasteiger partial charge in [-0.2, -0.15) is 4.31 Å². The molecule has 0 unspecified atom stereocenters. The Balaban J connectivity index is 2.27. The van der Waals surface area contributed by atoms with Gasteiger partial charge in [-0.25, -0.2) is 8.42 Å².